The van der Waals surface area contributed by atoms with E-state index >= 15 is 0 Å². The van der Waals surface area contributed by atoms with Crippen molar-refractivity contribution in [2.45, 2.75) is 13.0 Å². The van der Waals surface area contributed by atoms with Gasteiger partial charge < -0.3 is 10.6 Å². The second kappa shape index (κ2) is 7.55. The van der Waals surface area contributed by atoms with Crippen molar-refractivity contribution in [1.82, 2.24) is 25.4 Å². The molecule has 1 amide bonds. The molecular weight excluding hydrogens is 431 g/mol. The maximum atomic E-state index is 12.5. The standard InChI is InChI=1S/C15H13BrCl2N6O/c1-8(21-13(25)9-5-10(17)7-11(18)6-9)12-22-14(16)23-24(12)15-19-3-2-4-20-15/h2-3,5-8H,4H2,1H3,(H,19,20)(H,21,25). The molecule has 1 aromatic carbocycles. The molecule has 7 nitrogen and oxygen atoms in total. The molecule has 130 valence electrons. The van der Waals surface area contributed by atoms with Crippen LogP contribution in [0, 0.1) is 0 Å². The largest absolute Gasteiger partial charge is 0.342 e. The minimum Gasteiger partial charge on any atom is -0.342 e. The van der Waals surface area contributed by atoms with E-state index in [-0.39, 0.29) is 5.91 Å². The van der Waals surface area contributed by atoms with Crippen LogP contribution in [0.25, 0.3) is 0 Å². The molecule has 10 heteroatoms. The average Bonchev–Trinajstić information content (AvgIpc) is 2.97. The molecule has 0 saturated heterocycles. The number of carbonyl (C=O) groups excluding carboxylic acids is 1. The highest BCUT2D eigenvalue weighted by Crippen LogP contribution is 2.20. The fraction of sp³-hybridized carbons (Fsp3) is 0.200. The van der Waals surface area contributed by atoms with Crippen LogP contribution in [0.3, 0.4) is 0 Å². The molecular formula is C15H13BrCl2N6O. The lowest BCUT2D eigenvalue weighted by molar-refractivity contribution is 0.0938. The summed E-state index contributed by atoms with van der Waals surface area (Å²) < 4.78 is 1.94. The van der Waals surface area contributed by atoms with E-state index in [1.807, 2.05) is 6.08 Å². The van der Waals surface area contributed by atoms with Crippen LogP contribution in [0.5, 0.6) is 0 Å². The summed E-state index contributed by atoms with van der Waals surface area (Å²) in [6, 6.07) is 4.23. The van der Waals surface area contributed by atoms with Crippen molar-refractivity contribution < 1.29 is 4.79 Å². The van der Waals surface area contributed by atoms with Crippen LogP contribution >= 0.6 is 39.1 Å². The first-order valence-electron chi connectivity index (χ1n) is 7.30. The van der Waals surface area contributed by atoms with Crippen LogP contribution in [0.15, 0.2) is 40.2 Å². The van der Waals surface area contributed by atoms with Crippen LogP contribution in [0.1, 0.15) is 29.1 Å². The number of halogens is 3. The van der Waals surface area contributed by atoms with Gasteiger partial charge in [0.15, 0.2) is 5.82 Å². The Kier molecular flexibility index (Phi) is 5.41. The molecule has 0 bridgehead atoms. The third-order valence-corrected chi connectivity index (χ3v) is 4.12. The third-order valence-electron chi connectivity index (χ3n) is 3.34. The fourth-order valence-corrected chi connectivity index (χ4v) is 3.13. The first kappa shape index (κ1) is 17.9. The maximum Gasteiger partial charge on any atom is 0.251 e. The summed E-state index contributed by atoms with van der Waals surface area (Å²) in [6.07, 6.45) is 3.65. The SMILES string of the molecule is CC(NC(=O)c1cc(Cl)cc(Cl)c1)c1nc(Br)nn1C1=NCC=CN1. The van der Waals surface area contributed by atoms with E-state index in [1.165, 1.54) is 0 Å². The van der Waals surface area contributed by atoms with E-state index in [1.54, 1.807) is 36.0 Å². The van der Waals surface area contributed by atoms with Crippen molar-refractivity contribution >= 4 is 51.0 Å². The van der Waals surface area contributed by atoms with Crippen molar-refractivity contribution in [2.24, 2.45) is 4.99 Å². The van der Waals surface area contributed by atoms with Crippen LogP contribution in [-0.2, 0) is 0 Å². The van der Waals surface area contributed by atoms with Gasteiger partial charge in [-0.2, -0.15) is 4.68 Å². The smallest absolute Gasteiger partial charge is 0.251 e. The minimum absolute atomic E-state index is 0.319. The number of nitrogens with zero attached hydrogens (tertiary/aromatic N) is 4. The maximum absolute atomic E-state index is 12.5. The van der Waals surface area contributed by atoms with Crippen molar-refractivity contribution in [3.63, 3.8) is 0 Å². The number of aliphatic imine (C=N–C) groups is 1. The van der Waals surface area contributed by atoms with Crippen molar-refractivity contribution in [3.05, 3.63) is 56.6 Å². The van der Waals surface area contributed by atoms with Gasteiger partial charge in [0.2, 0.25) is 10.7 Å². The predicted octanol–water partition coefficient (Wildman–Crippen LogP) is 3.16. The number of amides is 1. The molecule has 3 rings (SSSR count). The first-order chi connectivity index (χ1) is 11.9. The van der Waals surface area contributed by atoms with Crippen LogP contribution < -0.4 is 10.6 Å². The molecule has 2 aromatic rings. The molecule has 0 fully saturated rings. The molecule has 1 atom stereocenters. The highest BCUT2D eigenvalue weighted by Gasteiger charge is 2.21. The normalized spacial score (nSPS) is 14.6. The zero-order chi connectivity index (χ0) is 18.0. The Morgan fingerprint density at radius 3 is 2.72 bits per heavy atom. The molecule has 0 radical (unpaired) electrons. The van der Waals surface area contributed by atoms with Gasteiger partial charge in [-0.1, -0.05) is 23.2 Å². The minimum atomic E-state index is -0.431. The van der Waals surface area contributed by atoms with Gasteiger partial charge in [0.05, 0.1) is 12.6 Å². The van der Waals surface area contributed by atoms with Crippen LogP contribution in [-0.4, -0.2) is 33.2 Å². The highest BCUT2D eigenvalue weighted by atomic mass is 79.9. The number of hydrogen-bond acceptors (Lipinski definition) is 5. The Bertz CT molecular complexity index is 859. The van der Waals surface area contributed by atoms with E-state index in [9.17, 15) is 4.79 Å². The quantitative estimate of drug-likeness (QED) is 0.762. The molecule has 0 spiro atoms. The lowest BCUT2D eigenvalue weighted by atomic mass is 10.2. The Morgan fingerprint density at radius 2 is 2.08 bits per heavy atom. The Labute approximate surface area is 162 Å². The number of rotatable bonds is 3. The summed E-state index contributed by atoms with van der Waals surface area (Å²) in [5.41, 5.74) is 0.366. The second-order valence-corrected chi connectivity index (χ2v) is 6.80. The first-order valence-corrected chi connectivity index (χ1v) is 8.84. The van der Waals surface area contributed by atoms with Gasteiger partial charge in [0, 0.05) is 21.8 Å². The molecule has 0 saturated carbocycles. The summed E-state index contributed by atoms with van der Waals surface area (Å²) >= 11 is 15.2. The van der Waals surface area contributed by atoms with Gasteiger partial charge >= 0.3 is 0 Å². The van der Waals surface area contributed by atoms with Crippen molar-refractivity contribution in [1.29, 1.82) is 0 Å². The Hall–Kier alpha value is -1.90. The summed E-state index contributed by atoms with van der Waals surface area (Å²) in [4.78, 5) is 21.1. The molecule has 25 heavy (non-hydrogen) atoms. The van der Waals surface area contributed by atoms with E-state index in [0.717, 1.165) is 0 Å². The summed E-state index contributed by atoms with van der Waals surface area (Å²) in [5.74, 6) is 0.735. The summed E-state index contributed by atoms with van der Waals surface area (Å²) in [7, 11) is 0. The van der Waals surface area contributed by atoms with Gasteiger partial charge in [-0.3, -0.25) is 4.79 Å². The van der Waals surface area contributed by atoms with E-state index < -0.39 is 6.04 Å². The van der Waals surface area contributed by atoms with Crippen LogP contribution in [0.4, 0.5) is 0 Å². The topological polar surface area (TPSA) is 84.2 Å². The molecule has 0 aliphatic carbocycles. The molecule has 2 N–H and O–H groups in total. The molecule has 1 aliphatic heterocycles. The number of benzene rings is 1. The van der Waals surface area contributed by atoms with Gasteiger partial charge in [0.1, 0.15) is 0 Å². The number of hydrogen-bond donors (Lipinski definition) is 2. The third kappa shape index (κ3) is 4.20. The Balaban J connectivity index is 1.82. The number of nitrogens with one attached hydrogen (secondary N) is 2. The fourth-order valence-electron chi connectivity index (χ4n) is 2.26. The lowest BCUT2D eigenvalue weighted by Gasteiger charge is -2.16. The average molecular weight is 444 g/mol. The van der Waals surface area contributed by atoms with Gasteiger partial charge in [-0.15, -0.1) is 5.10 Å². The van der Waals surface area contributed by atoms with Crippen molar-refractivity contribution in [3.8, 4) is 0 Å². The number of aromatic nitrogens is 3. The Morgan fingerprint density at radius 1 is 1.36 bits per heavy atom. The second-order valence-electron chi connectivity index (χ2n) is 5.22. The number of carbonyl (C=O) groups is 1. The van der Waals surface area contributed by atoms with Gasteiger partial charge in [-0.05, 0) is 47.1 Å². The van der Waals surface area contributed by atoms with Gasteiger partial charge in [0.25, 0.3) is 5.91 Å². The van der Waals surface area contributed by atoms with Crippen molar-refractivity contribution in [2.75, 3.05) is 6.54 Å². The zero-order valence-corrected chi connectivity index (χ0v) is 16.1. The zero-order valence-electron chi connectivity index (χ0n) is 13.0. The molecule has 1 aromatic heterocycles. The lowest BCUT2D eigenvalue weighted by Crippen LogP contribution is -2.35. The van der Waals surface area contributed by atoms with Gasteiger partial charge in [-0.25, -0.2) is 9.98 Å². The van der Waals surface area contributed by atoms with Crippen LogP contribution in [0.2, 0.25) is 10.0 Å². The van der Waals surface area contributed by atoms with E-state index in [0.29, 0.717) is 38.7 Å². The summed E-state index contributed by atoms with van der Waals surface area (Å²) in [6.45, 7) is 2.34. The monoisotopic (exact) mass is 442 g/mol. The summed E-state index contributed by atoms with van der Waals surface area (Å²) in [5, 5.41) is 10.9. The molecule has 1 unspecified atom stereocenters. The predicted molar refractivity (Wildman–Crippen MR) is 100 cm³/mol. The van der Waals surface area contributed by atoms with E-state index in [4.69, 9.17) is 23.2 Å². The molecule has 2 heterocycles. The highest BCUT2D eigenvalue weighted by molar-refractivity contribution is 9.10. The van der Waals surface area contributed by atoms with E-state index in [2.05, 4.69) is 41.6 Å². The molecule has 1 aliphatic rings.